The van der Waals surface area contributed by atoms with E-state index in [0.29, 0.717) is 42.0 Å². The number of amides is 1. The lowest BCUT2D eigenvalue weighted by Crippen LogP contribution is -2.25. The molecule has 2 N–H and O–H groups in total. The van der Waals surface area contributed by atoms with Crippen molar-refractivity contribution in [3.8, 4) is 5.75 Å². The van der Waals surface area contributed by atoms with E-state index in [4.69, 9.17) is 9.47 Å². The van der Waals surface area contributed by atoms with Crippen LogP contribution in [0.4, 0.5) is 4.39 Å². The van der Waals surface area contributed by atoms with E-state index in [1.54, 1.807) is 18.2 Å². The van der Waals surface area contributed by atoms with Gasteiger partial charge >= 0.3 is 0 Å². The molecule has 0 atom stereocenters. The number of carbonyl (C=O) groups excluding carboxylic acids is 1. The number of benzene rings is 2. The van der Waals surface area contributed by atoms with Gasteiger partial charge in [0.15, 0.2) is 6.79 Å². The first-order valence-electron chi connectivity index (χ1n) is 10.0. The summed E-state index contributed by atoms with van der Waals surface area (Å²) in [5, 5.41) is 2.75. The fraction of sp³-hybridized carbons (Fsp3) is 0.318. The molecule has 2 aliphatic rings. The van der Waals surface area contributed by atoms with E-state index in [9.17, 15) is 17.6 Å². The van der Waals surface area contributed by atoms with Crippen LogP contribution in [-0.2, 0) is 32.6 Å². The molecule has 1 heterocycles. The van der Waals surface area contributed by atoms with Gasteiger partial charge in [-0.1, -0.05) is 12.1 Å². The molecule has 2 aromatic rings. The zero-order valence-corrected chi connectivity index (χ0v) is 17.6. The molecule has 1 saturated carbocycles. The van der Waals surface area contributed by atoms with Crippen molar-refractivity contribution in [2.45, 2.75) is 36.8 Å². The van der Waals surface area contributed by atoms with Gasteiger partial charge in [0.25, 0.3) is 0 Å². The first-order valence-corrected chi connectivity index (χ1v) is 11.5. The second kappa shape index (κ2) is 9.17. The molecule has 0 unspecified atom stereocenters. The smallest absolute Gasteiger partial charge is 0.244 e. The molecule has 0 radical (unpaired) electrons. The van der Waals surface area contributed by atoms with Gasteiger partial charge in [-0.15, -0.1) is 0 Å². The van der Waals surface area contributed by atoms with Crippen molar-refractivity contribution in [3.63, 3.8) is 0 Å². The molecule has 7 nitrogen and oxygen atoms in total. The molecule has 1 aliphatic heterocycles. The van der Waals surface area contributed by atoms with Crippen LogP contribution in [0.3, 0.4) is 0 Å². The van der Waals surface area contributed by atoms with E-state index in [0.717, 1.165) is 12.8 Å². The van der Waals surface area contributed by atoms with Gasteiger partial charge in [-0.05, 0) is 60.7 Å². The van der Waals surface area contributed by atoms with Crippen LogP contribution >= 0.6 is 0 Å². The summed E-state index contributed by atoms with van der Waals surface area (Å²) in [5.41, 5.74) is 2.04. The molecule has 0 aromatic heterocycles. The maximum absolute atomic E-state index is 13.8. The maximum Gasteiger partial charge on any atom is 0.244 e. The molecular formula is C22H23FN2O5S. The second-order valence-electron chi connectivity index (χ2n) is 7.50. The molecule has 1 fully saturated rings. The van der Waals surface area contributed by atoms with Crippen molar-refractivity contribution in [2.75, 3.05) is 13.3 Å². The summed E-state index contributed by atoms with van der Waals surface area (Å²) in [5.74, 6) is -0.0582. The Labute approximate surface area is 180 Å². The van der Waals surface area contributed by atoms with Crippen LogP contribution in [0.1, 0.15) is 29.5 Å². The van der Waals surface area contributed by atoms with Crippen molar-refractivity contribution in [3.05, 3.63) is 65.0 Å². The lowest BCUT2D eigenvalue weighted by Gasteiger charge is -2.20. The fourth-order valence-corrected chi connectivity index (χ4v) is 4.55. The lowest BCUT2D eigenvalue weighted by atomic mass is 10.1. The van der Waals surface area contributed by atoms with E-state index < -0.39 is 10.0 Å². The number of hydrogen-bond acceptors (Lipinski definition) is 5. The van der Waals surface area contributed by atoms with Crippen molar-refractivity contribution in [1.82, 2.24) is 10.0 Å². The Hall–Kier alpha value is -2.75. The molecule has 0 saturated heterocycles. The lowest BCUT2D eigenvalue weighted by molar-refractivity contribution is -0.116. The molecule has 0 bridgehead atoms. The summed E-state index contributed by atoms with van der Waals surface area (Å²) >= 11 is 0. The third-order valence-electron chi connectivity index (χ3n) is 4.96. The van der Waals surface area contributed by atoms with Crippen LogP contribution < -0.4 is 14.8 Å². The largest absolute Gasteiger partial charge is 0.467 e. The predicted molar refractivity (Wildman–Crippen MR) is 112 cm³/mol. The highest BCUT2D eigenvalue weighted by molar-refractivity contribution is 7.89. The van der Waals surface area contributed by atoms with Crippen LogP contribution in [0.5, 0.6) is 5.75 Å². The number of sulfonamides is 1. The van der Waals surface area contributed by atoms with Crippen molar-refractivity contribution in [2.24, 2.45) is 0 Å². The van der Waals surface area contributed by atoms with E-state index >= 15 is 0 Å². The Morgan fingerprint density at radius 2 is 1.97 bits per heavy atom. The molecule has 1 amide bonds. The van der Waals surface area contributed by atoms with Crippen LogP contribution in [0.25, 0.3) is 6.08 Å². The number of carbonyl (C=O) groups is 1. The molecule has 9 heteroatoms. The van der Waals surface area contributed by atoms with Gasteiger partial charge in [0.05, 0.1) is 11.5 Å². The minimum Gasteiger partial charge on any atom is -0.467 e. The second-order valence-corrected chi connectivity index (χ2v) is 9.22. The van der Waals surface area contributed by atoms with Gasteiger partial charge in [-0.2, -0.15) is 0 Å². The first-order chi connectivity index (χ1) is 14.9. The normalized spacial score (nSPS) is 16.0. The zero-order valence-electron chi connectivity index (χ0n) is 16.8. The Bertz CT molecular complexity index is 1100. The number of hydrogen-bond donors (Lipinski definition) is 2. The number of ether oxygens (including phenoxy) is 2. The predicted octanol–water partition coefficient (Wildman–Crippen LogP) is 2.51. The van der Waals surface area contributed by atoms with Gasteiger partial charge in [-0.25, -0.2) is 17.5 Å². The SMILES string of the molecule is O=C(C=Cc1ccc(S(=O)(=O)NC2CC2)cc1)NCCc1cc(F)cc2c1OCOC2. The highest BCUT2D eigenvalue weighted by atomic mass is 32.2. The van der Waals surface area contributed by atoms with Gasteiger partial charge in [-0.3, -0.25) is 4.79 Å². The summed E-state index contributed by atoms with van der Waals surface area (Å²) in [4.78, 5) is 12.3. The van der Waals surface area contributed by atoms with Crippen molar-refractivity contribution < 1.29 is 27.1 Å². The van der Waals surface area contributed by atoms with Crippen LogP contribution in [0.15, 0.2) is 47.4 Å². The molecule has 4 rings (SSSR count). The molecular weight excluding hydrogens is 423 g/mol. The third-order valence-corrected chi connectivity index (χ3v) is 6.50. The number of nitrogens with one attached hydrogen (secondary N) is 2. The van der Waals surface area contributed by atoms with Crippen molar-refractivity contribution >= 4 is 22.0 Å². The summed E-state index contributed by atoms with van der Waals surface area (Å²) in [6.45, 7) is 0.733. The summed E-state index contributed by atoms with van der Waals surface area (Å²) < 4.78 is 51.4. The Balaban J connectivity index is 1.30. The summed E-state index contributed by atoms with van der Waals surface area (Å²) in [6.07, 6.45) is 5.14. The Morgan fingerprint density at radius 3 is 2.71 bits per heavy atom. The van der Waals surface area contributed by atoms with Crippen molar-refractivity contribution in [1.29, 1.82) is 0 Å². The van der Waals surface area contributed by atoms with Crippen LogP contribution in [0, 0.1) is 5.82 Å². The third kappa shape index (κ3) is 5.69. The molecule has 1 aliphatic carbocycles. The standard InChI is InChI=1S/C22H23FN2O5S/c23-18-11-16(22-17(12-18)13-29-14-30-22)9-10-24-21(26)8-3-15-1-6-20(7-2-15)31(27,28)25-19-4-5-19/h1-3,6-8,11-12,19,25H,4-5,9-10,13-14H2,(H,24,26). The minimum absolute atomic E-state index is 0.0473. The van der Waals surface area contributed by atoms with E-state index in [2.05, 4.69) is 10.0 Å². The van der Waals surface area contributed by atoms with Gasteiger partial charge in [0.1, 0.15) is 11.6 Å². The first kappa shape index (κ1) is 21.5. The monoisotopic (exact) mass is 446 g/mol. The van der Waals surface area contributed by atoms with Crippen LogP contribution in [0.2, 0.25) is 0 Å². The van der Waals surface area contributed by atoms with E-state index in [-0.39, 0.29) is 29.5 Å². The average molecular weight is 447 g/mol. The van der Waals surface area contributed by atoms with E-state index in [1.807, 2.05) is 0 Å². The molecule has 0 spiro atoms. The van der Waals surface area contributed by atoms with E-state index in [1.165, 1.54) is 30.3 Å². The fourth-order valence-electron chi connectivity index (χ4n) is 3.24. The Kier molecular flexibility index (Phi) is 6.35. The average Bonchev–Trinajstić information content (AvgIpc) is 3.55. The zero-order chi connectivity index (χ0) is 21.8. The highest BCUT2D eigenvalue weighted by Gasteiger charge is 2.27. The quantitative estimate of drug-likeness (QED) is 0.608. The summed E-state index contributed by atoms with van der Waals surface area (Å²) in [6, 6.07) is 9.15. The minimum atomic E-state index is -3.49. The van der Waals surface area contributed by atoms with Crippen LogP contribution in [-0.4, -0.2) is 33.7 Å². The summed E-state index contributed by atoms with van der Waals surface area (Å²) in [7, 11) is -3.49. The number of halogens is 1. The Morgan fingerprint density at radius 1 is 1.19 bits per heavy atom. The maximum atomic E-state index is 13.8. The highest BCUT2D eigenvalue weighted by Crippen LogP contribution is 2.29. The van der Waals surface area contributed by atoms with Gasteiger partial charge in [0, 0.05) is 24.2 Å². The molecule has 2 aromatic carbocycles. The number of fused-ring (bicyclic) bond motifs is 1. The molecule has 164 valence electrons. The topological polar surface area (TPSA) is 93.7 Å². The number of rotatable bonds is 8. The van der Waals surface area contributed by atoms with Gasteiger partial charge < -0.3 is 14.8 Å². The molecule has 31 heavy (non-hydrogen) atoms. The van der Waals surface area contributed by atoms with Gasteiger partial charge in [0.2, 0.25) is 15.9 Å².